The highest BCUT2D eigenvalue weighted by Gasteiger charge is 2.38. The van der Waals surface area contributed by atoms with Gasteiger partial charge in [-0.25, -0.2) is 0 Å². The summed E-state index contributed by atoms with van der Waals surface area (Å²) in [5.41, 5.74) is 0.321. The average Bonchev–Trinajstić information content (AvgIpc) is 2.49. The van der Waals surface area contributed by atoms with Crippen LogP contribution in [0.4, 0.5) is 13.2 Å². The van der Waals surface area contributed by atoms with Crippen molar-refractivity contribution in [3.63, 3.8) is 0 Å². The number of alkyl halides is 4. The predicted octanol–water partition coefficient (Wildman–Crippen LogP) is 2.79. The molecule has 0 saturated heterocycles. The third kappa shape index (κ3) is 3.02. The molecular weight excluding hydrogens is 251 g/mol. The monoisotopic (exact) mass is 257 g/mol. The molecular formula is C7H7BrF3NO. The van der Waals surface area contributed by atoms with E-state index < -0.39 is 12.1 Å². The second-order valence-corrected chi connectivity index (χ2v) is 3.24. The largest absolute Gasteiger partial charge is 0.392 e. The fourth-order valence-electron chi connectivity index (χ4n) is 0.853. The van der Waals surface area contributed by atoms with Gasteiger partial charge in [-0.15, -0.1) is 0 Å². The highest BCUT2D eigenvalue weighted by molar-refractivity contribution is 9.09. The molecule has 74 valence electrons. The van der Waals surface area contributed by atoms with Gasteiger partial charge in [0.1, 0.15) is 6.26 Å². The maximum Gasteiger partial charge on any atom is 0.392 e. The van der Waals surface area contributed by atoms with Crippen molar-refractivity contribution in [2.24, 2.45) is 5.92 Å². The van der Waals surface area contributed by atoms with Crippen LogP contribution in [0.3, 0.4) is 0 Å². The van der Waals surface area contributed by atoms with Crippen LogP contribution in [0.25, 0.3) is 0 Å². The van der Waals surface area contributed by atoms with Crippen LogP contribution in [0.5, 0.6) is 0 Å². The van der Waals surface area contributed by atoms with Crippen molar-refractivity contribution in [3.8, 4) is 0 Å². The predicted molar refractivity (Wildman–Crippen MR) is 43.5 cm³/mol. The van der Waals surface area contributed by atoms with Gasteiger partial charge in [0.05, 0.1) is 11.6 Å². The zero-order valence-corrected chi connectivity index (χ0v) is 8.10. The van der Waals surface area contributed by atoms with Gasteiger partial charge in [-0.05, 0) is 0 Å². The van der Waals surface area contributed by atoms with Gasteiger partial charge < -0.3 is 4.52 Å². The van der Waals surface area contributed by atoms with Crippen molar-refractivity contribution >= 4 is 15.9 Å². The van der Waals surface area contributed by atoms with E-state index in [4.69, 9.17) is 0 Å². The minimum Gasteiger partial charge on any atom is -0.365 e. The summed E-state index contributed by atoms with van der Waals surface area (Å²) >= 11 is 2.82. The van der Waals surface area contributed by atoms with Crippen LogP contribution in [0.1, 0.15) is 5.69 Å². The zero-order chi connectivity index (χ0) is 9.90. The number of rotatable bonds is 3. The van der Waals surface area contributed by atoms with Crippen LogP contribution >= 0.6 is 15.9 Å². The third-order valence-corrected chi connectivity index (χ3v) is 2.38. The Morgan fingerprint density at radius 1 is 1.54 bits per heavy atom. The molecule has 0 spiro atoms. The Bertz CT molecular complexity index is 247. The first-order valence-electron chi connectivity index (χ1n) is 3.56. The van der Waals surface area contributed by atoms with Crippen LogP contribution < -0.4 is 0 Å². The summed E-state index contributed by atoms with van der Waals surface area (Å²) in [5.74, 6) is -1.41. The molecule has 0 bridgehead atoms. The molecule has 1 rings (SSSR count). The number of nitrogens with zero attached hydrogens (tertiary/aromatic N) is 1. The van der Waals surface area contributed by atoms with Gasteiger partial charge in [0.15, 0.2) is 0 Å². The van der Waals surface area contributed by atoms with Gasteiger partial charge >= 0.3 is 6.18 Å². The summed E-state index contributed by atoms with van der Waals surface area (Å²) in [7, 11) is 0. The molecule has 0 aliphatic heterocycles. The van der Waals surface area contributed by atoms with E-state index in [9.17, 15) is 13.2 Å². The van der Waals surface area contributed by atoms with E-state index in [1.54, 1.807) is 0 Å². The lowest BCUT2D eigenvalue weighted by Crippen LogP contribution is -2.26. The standard InChI is InChI=1S/C7H7BrF3NO/c8-4-5(7(9,10)11)3-6-1-2-13-12-6/h1-2,5H,3-4H2. The molecule has 0 fully saturated rings. The fourth-order valence-corrected chi connectivity index (χ4v) is 1.45. The molecule has 0 N–H and O–H groups in total. The normalized spacial score (nSPS) is 14.5. The van der Waals surface area contributed by atoms with Crippen LogP contribution in [0, 0.1) is 5.92 Å². The summed E-state index contributed by atoms with van der Waals surface area (Å²) in [5, 5.41) is 3.30. The topological polar surface area (TPSA) is 26.0 Å². The van der Waals surface area contributed by atoms with E-state index in [1.807, 2.05) is 0 Å². The maximum atomic E-state index is 12.2. The van der Waals surface area contributed by atoms with Crippen LogP contribution in [0.15, 0.2) is 16.9 Å². The van der Waals surface area contributed by atoms with Gasteiger partial charge in [0, 0.05) is 17.8 Å². The minimum atomic E-state index is -4.19. The summed E-state index contributed by atoms with van der Waals surface area (Å²) in [6, 6.07) is 1.43. The number of halogens is 4. The Hall–Kier alpha value is -0.520. The van der Waals surface area contributed by atoms with Gasteiger partial charge in [0.25, 0.3) is 0 Å². The first-order chi connectivity index (χ1) is 6.04. The average molecular weight is 258 g/mol. The van der Waals surface area contributed by atoms with E-state index in [0.717, 1.165) is 0 Å². The van der Waals surface area contributed by atoms with Gasteiger partial charge in [-0.1, -0.05) is 21.1 Å². The van der Waals surface area contributed by atoms with E-state index in [1.165, 1.54) is 12.3 Å². The molecule has 0 aliphatic carbocycles. The highest BCUT2D eigenvalue weighted by atomic mass is 79.9. The van der Waals surface area contributed by atoms with Crippen molar-refractivity contribution in [2.75, 3.05) is 5.33 Å². The smallest absolute Gasteiger partial charge is 0.365 e. The number of aromatic nitrogens is 1. The molecule has 1 atom stereocenters. The van der Waals surface area contributed by atoms with Crippen molar-refractivity contribution < 1.29 is 17.7 Å². The molecule has 1 unspecified atom stereocenters. The summed E-state index contributed by atoms with van der Waals surface area (Å²) in [6.07, 6.45) is -3.08. The second kappa shape index (κ2) is 4.13. The molecule has 0 amide bonds. The SMILES string of the molecule is FC(F)(F)C(CBr)Cc1ccon1. The maximum absolute atomic E-state index is 12.2. The van der Waals surface area contributed by atoms with E-state index in [0.29, 0.717) is 5.69 Å². The molecule has 0 aromatic carbocycles. The van der Waals surface area contributed by atoms with Crippen LogP contribution in [-0.2, 0) is 6.42 Å². The number of hydrogen-bond acceptors (Lipinski definition) is 2. The summed E-state index contributed by atoms with van der Waals surface area (Å²) in [6.45, 7) is 0. The molecule has 0 radical (unpaired) electrons. The second-order valence-electron chi connectivity index (χ2n) is 2.59. The van der Waals surface area contributed by atoms with Gasteiger partial charge in [-0.3, -0.25) is 0 Å². The Morgan fingerprint density at radius 2 is 2.23 bits per heavy atom. The Labute approximate surface area is 81.2 Å². The van der Waals surface area contributed by atoms with Crippen molar-refractivity contribution in [2.45, 2.75) is 12.6 Å². The lowest BCUT2D eigenvalue weighted by atomic mass is 10.1. The lowest BCUT2D eigenvalue weighted by molar-refractivity contribution is -0.167. The molecule has 13 heavy (non-hydrogen) atoms. The highest BCUT2D eigenvalue weighted by Crippen LogP contribution is 2.30. The molecule has 1 aromatic rings. The van der Waals surface area contributed by atoms with Gasteiger partial charge in [0.2, 0.25) is 0 Å². The molecule has 0 aliphatic rings. The first-order valence-corrected chi connectivity index (χ1v) is 4.68. The Balaban J connectivity index is 2.60. The summed E-state index contributed by atoms with van der Waals surface area (Å²) < 4.78 is 41.1. The van der Waals surface area contributed by atoms with Crippen LogP contribution in [-0.4, -0.2) is 16.7 Å². The van der Waals surface area contributed by atoms with Crippen molar-refractivity contribution in [3.05, 3.63) is 18.0 Å². The first kappa shape index (κ1) is 10.6. The molecule has 0 saturated carbocycles. The third-order valence-electron chi connectivity index (χ3n) is 1.60. The quantitative estimate of drug-likeness (QED) is 0.779. The molecule has 1 aromatic heterocycles. The number of hydrogen-bond donors (Lipinski definition) is 0. The summed E-state index contributed by atoms with van der Waals surface area (Å²) in [4.78, 5) is 0. The fraction of sp³-hybridized carbons (Fsp3) is 0.571. The van der Waals surface area contributed by atoms with E-state index in [-0.39, 0.29) is 11.8 Å². The Kier molecular flexibility index (Phi) is 3.35. The minimum absolute atomic E-state index is 0.122. The van der Waals surface area contributed by atoms with E-state index in [2.05, 4.69) is 25.6 Å². The van der Waals surface area contributed by atoms with Gasteiger partial charge in [-0.2, -0.15) is 13.2 Å². The Morgan fingerprint density at radius 3 is 2.62 bits per heavy atom. The molecule has 2 nitrogen and oxygen atoms in total. The molecule has 6 heteroatoms. The van der Waals surface area contributed by atoms with E-state index >= 15 is 0 Å². The van der Waals surface area contributed by atoms with Crippen LogP contribution in [0.2, 0.25) is 0 Å². The van der Waals surface area contributed by atoms with Crippen molar-refractivity contribution in [1.82, 2.24) is 5.16 Å². The van der Waals surface area contributed by atoms with Crippen molar-refractivity contribution in [1.29, 1.82) is 0 Å². The zero-order valence-electron chi connectivity index (χ0n) is 6.51. The molecule has 1 heterocycles. The lowest BCUT2D eigenvalue weighted by Gasteiger charge is -2.15.